The molecule has 0 radical (unpaired) electrons. The van der Waals surface area contributed by atoms with Gasteiger partial charge in [-0.05, 0) is 59.7 Å². The fourth-order valence-electron chi connectivity index (χ4n) is 1.06. The molecule has 0 spiro atoms. The van der Waals surface area contributed by atoms with Crippen LogP contribution in [-0.2, 0) is 0 Å². The molecule has 1 atom stereocenters. The standard InChI is InChI=1S/C12H16INO/c1-8(2)9(3)14-12(15)10-4-6-11(13)7-5-10/h4-9H,1-3H3,(H,14,15). The van der Waals surface area contributed by atoms with E-state index in [9.17, 15) is 4.79 Å². The third-order valence-electron chi connectivity index (χ3n) is 2.47. The lowest BCUT2D eigenvalue weighted by atomic mass is 10.1. The maximum atomic E-state index is 11.8. The zero-order valence-electron chi connectivity index (χ0n) is 9.25. The Bertz CT molecular complexity index is 332. The van der Waals surface area contributed by atoms with Gasteiger partial charge in [-0.15, -0.1) is 0 Å². The van der Waals surface area contributed by atoms with Gasteiger partial charge in [0, 0.05) is 15.2 Å². The van der Waals surface area contributed by atoms with Gasteiger partial charge in [-0.2, -0.15) is 0 Å². The summed E-state index contributed by atoms with van der Waals surface area (Å²) in [6, 6.07) is 7.79. The SMILES string of the molecule is CC(C)C(C)NC(=O)c1ccc(I)cc1. The van der Waals surface area contributed by atoms with Crippen molar-refractivity contribution in [2.75, 3.05) is 0 Å². The van der Waals surface area contributed by atoms with Crippen LogP contribution in [0, 0.1) is 9.49 Å². The second-order valence-corrected chi connectivity index (χ2v) is 5.26. The number of hydrogen-bond acceptors (Lipinski definition) is 1. The van der Waals surface area contributed by atoms with Crippen LogP contribution in [-0.4, -0.2) is 11.9 Å². The van der Waals surface area contributed by atoms with E-state index in [2.05, 4.69) is 41.8 Å². The first-order valence-electron chi connectivity index (χ1n) is 5.07. The zero-order valence-corrected chi connectivity index (χ0v) is 11.4. The first kappa shape index (κ1) is 12.5. The minimum absolute atomic E-state index is 0.00704. The molecule has 1 N–H and O–H groups in total. The Balaban J connectivity index is 2.65. The van der Waals surface area contributed by atoms with E-state index in [-0.39, 0.29) is 11.9 Å². The highest BCUT2D eigenvalue weighted by atomic mass is 127. The van der Waals surface area contributed by atoms with Crippen LogP contribution in [0.2, 0.25) is 0 Å². The van der Waals surface area contributed by atoms with E-state index in [1.807, 2.05) is 31.2 Å². The summed E-state index contributed by atoms with van der Waals surface area (Å²) in [5.74, 6) is 0.463. The highest BCUT2D eigenvalue weighted by Gasteiger charge is 2.11. The third kappa shape index (κ3) is 3.81. The summed E-state index contributed by atoms with van der Waals surface area (Å²) in [6.07, 6.45) is 0. The molecule has 0 aliphatic carbocycles. The van der Waals surface area contributed by atoms with Crippen molar-refractivity contribution in [1.82, 2.24) is 5.32 Å². The maximum Gasteiger partial charge on any atom is 0.251 e. The van der Waals surface area contributed by atoms with Gasteiger partial charge in [0.2, 0.25) is 0 Å². The number of amides is 1. The van der Waals surface area contributed by atoms with Crippen molar-refractivity contribution in [3.63, 3.8) is 0 Å². The van der Waals surface area contributed by atoms with E-state index in [0.717, 1.165) is 9.13 Å². The molecule has 2 nitrogen and oxygen atoms in total. The molecule has 0 aromatic heterocycles. The van der Waals surface area contributed by atoms with Gasteiger partial charge >= 0.3 is 0 Å². The molecule has 82 valence electrons. The van der Waals surface area contributed by atoms with Gasteiger partial charge in [-0.25, -0.2) is 0 Å². The predicted molar refractivity (Wildman–Crippen MR) is 70.9 cm³/mol. The molecule has 0 bridgehead atoms. The molecule has 0 saturated heterocycles. The summed E-state index contributed by atoms with van der Waals surface area (Å²) in [4.78, 5) is 11.8. The average molecular weight is 317 g/mol. The van der Waals surface area contributed by atoms with Gasteiger partial charge in [0.1, 0.15) is 0 Å². The molecular weight excluding hydrogens is 301 g/mol. The molecule has 3 heteroatoms. The van der Waals surface area contributed by atoms with E-state index in [4.69, 9.17) is 0 Å². The van der Waals surface area contributed by atoms with Crippen LogP contribution in [0.15, 0.2) is 24.3 Å². The van der Waals surface area contributed by atoms with E-state index < -0.39 is 0 Å². The highest BCUT2D eigenvalue weighted by Crippen LogP contribution is 2.08. The van der Waals surface area contributed by atoms with Crippen molar-refractivity contribution in [1.29, 1.82) is 0 Å². The summed E-state index contributed by atoms with van der Waals surface area (Å²) < 4.78 is 1.14. The van der Waals surface area contributed by atoms with Crippen LogP contribution in [0.1, 0.15) is 31.1 Å². The topological polar surface area (TPSA) is 29.1 Å². The molecule has 1 amide bonds. The van der Waals surface area contributed by atoms with E-state index >= 15 is 0 Å². The second kappa shape index (κ2) is 5.49. The Hall–Kier alpha value is -0.580. The van der Waals surface area contributed by atoms with E-state index in [1.165, 1.54) is 0 Å². The molecule has 15 heavy (non-hydrogen) atoms. The molecule has 1 aromatic rings. The monoisotopic (exact) mass is 317 g/mol. The predicted octanol–water partition coefficient (Wildman–Crippen LogP) is 3.07. The first-order valence-corrected chi connectivity index (χ1v) is 6.15. The molecule has 1 aromatic carbocycles. The van der Waals surface area contributed by atoms with Crippen molar-refractivity contribution in [3.8, 4) is 0 Å². The Morgan fingerprint density at radius 3 is 2.20 bits per heavy atom. The lowest BCUT2D eigenvalue weighted by Crippen LogP contribution is -2.36. The fraction of sp³-hybridized carbons (Fsp3) is 0.417. The summed E-state index contributed by atoms with van der Waals surface area (Å²) in [5.41, 5.74) is 0.725. The van der Waals surface area contributed by atoms with Crippen LogP contribution in [0.3, 0.4) is 0 Å². The highest BCUT2D eigenvalue weighted by molar-refractivity contribution is 14.1. The summed E-state index contributed by atoms with van der Waals surface area (Å²) in [7, 11) is 0. The molecule has 1 unspecified atom stereocenters. The zero-order chi connectivity index (χ0) is 11.4. The summed E-state index contributed by atoms with van der Waals surface area (Å²) in [6.45, 7) is 6.22. The summed E-state index contributed by atoms with van der Waals surface area (Å²) in [5, 5.41) is 2.97. The Kier molecular flexibility index (Phi) is 4.57. The molecule has 1 rings (SSSR count). The van der Waals surface area contributed by atoms with Gasteiger partial charge in [0.25, 0.3) is 5.91 Å². The van der Waals surface area contributed by atoms with Gasteiger partial charge in [0.15, 0.2) is 0 Å². The van der Waals surface area contributed by atoms with Crippen molar-refractivity contribution in [2.45, 2.75) is 26.8 Å². The Morgan fingerprint density at radius 2 is 1.73 bits per heavy atom. The summed E-state index contributed by atoms with van der Waals surface area (Å²) >= 11 is 2.22. The number of halogens is 1. The minimum Gasteiger partial charge on any atom is -0.349 e. The van der Waals surface area contributed by atoms with E-state index in [0.29, 0.717) is 5.92 Å². The molecule has 0 aliphatic rings. The molecular formula is C12H16INO. The minimum atomic E-state index is 0.00704. The number of carbonyl (C=O) groups excluding carboxylic acids is 1. The van der Waals surface area contributed by atoms with Crippen molar-refractivity contribution >= 4 is 28.5 Å². The number of rotatable bonds is 3. The van der Waals surface area contributed by atoms with Crippen LogP contribution in [0.5, 0.6) is 0 Å². The quantitative estimate of drug-likeness (QED) is 0.853. The molecule has 0 heterocycles. The van der Waals surface area contributed by atoms with Crippen LogP contribution in [0.25, 0.3) is 0 Å². The van der Waals surface area contributed by atoms with Crippen LogP contribution in [0.4, 0.5) is 0 Å². The van der Waals surface area contributed by atoms with Gasteiger partial charge in [-0.1, -0.05) is 13.8 Å². The lowest BCUT2D eigenvalue weighted by Gasteiger charge is -2.17. The number of hydrogen-bond donors (Lipinski definition) is 1. The largest absolute Gasteiger partial charge is 0.349 e. The average Bonchev–Trinajstić information content (AvgIpc) is 2.18. The van der Waals surface area contributed by atoms with Gasteiger partial charge < -0.3 is 5.32 Å². The van der Waals surface area contributed by atoms with E-state index in [1.54, 1.807) is 0 Å². The third-order valence-corrected chi connectivity index (χ3v) is 3.18. The lowest BCUT2D eigenvalue weighted by molar-refractivity contribution is 0.0930. The Labute approximate surface area is 105 Å². The number of benzene rings is 1. The number of nitrogens with one attached hydrogen (secondary N) is 1. The Morgan fingerprint density at radius 1 is 1.20 bits per heavy atom. The first-order chi connectivity index (χ1) is 7.00. The fourth-order valence-corrected chi connectivity index (χ4v) is 1.42. The molecule has 0 saturated carbocycles. The maximum absolute atomic E-state index is 11.8. The normalized spacial score (nSPS) is 12.6. The van der Waals surface area contributed by atoms with Gasteiger partial charge in [-0.3, -0.25) is 4.79 Å². The molecule has 0 aliphatic heterocycles. The van der Waals surface area contributed by atoms with Crippen LogP contribution >= 0.6 is 22.6 Å². The van der Waals surface area contributed by atoms with Crippen molar-refractivity contribution < 1.29 is 4.79 Å². The number of carbonyl (C=O) groups is 1. The van der Waals surface area contributed by atoms with Gasteiger partial charge in [0.05, 0.1) is 0 Å². The molecule has 0 fully saturated rings. The van der Waals surface area contributed by atoms with Crippen molar-refractivity contribution in [2.24, 2.45) is 5.92 Å². The van der Waals surface area contributed by atoms with Crippen molar-refractivity contribution in [3.05, 3.63) is 33.4 Å². The van der Waals surface area contributed by atoms with Crippen LogP contribution < -0.4 is 5.32 Å². The second-order valence-electron chi connectivity index (χ2n) is 4.01. The smallest absolute Gasteiger partial charge is 0.251 e.